The Morgan fingerprint density at radius 3 is 2.65 bits per heavy atom. The minimum absolute atomic E-state index is 0.0177. The minimum atomic E-state index is -2.87. The van der Waals surface area contributed by atoms with Crippen LogP contribution >= 0.6 is 0 Å². The summed E-state index contributed by atoms with van der Waals surface area (Å²) in [6.07, 6.45) is 3.95. The second-order valence-electron chi connectivity index (χ2n) is 5.09. The lowest BCUT2D eigenvalue weighted by Gasteiger charge is -2.34. The Bertz CT molecular complexity index is 541. The predicted octanol–water partition coefficient (Wildman–Crippen LogP) is 3.34. The first-order valence-electron chi connectivity index (χ1n) is 6.50. The van der Waals surface area contributed by atoms with Gasteiger partial charge in [0, 0.05) is 12.0 Å². The molecule has 0 atom stereocenters. The molecule has 2 aliphatic rings. The Hall–Kier alpha value is -1.85. The van der Waals surface area contributed by atoms with Crippen molar-refractivity contribution in [1.82, 2.24) is 0 Å². The van der Waals surface area contributed by atoms with Crippen LogP contribution in [0.2, 0.25) is 0 Å². The smallest absolute Gasteiger partial charge is 0.387 e. The molecule has 1 saturated carbocycles. The number of hydrogen-bond acceptors (Lipinski definition) is 4. The van der Waals surface area contributed by atoms with E-state index < -0.39 is 6.61 Å². The van der Waals surface area contributed by atoms with Crippen molar-refractivity contribution in [3.63, 3.8) is 0 Å². The fraction of sp³-hybridized carbons (Fsp3) is 0.500. The van der Waals surface area contributed by atoms with E-state index in [1.54, 1.807) is 12.1 Å². The second-order valence-corrected chi connectivity index (χ2v) is 5.09. The zero-order valence-electron chi connectivity index (χ0n) is 11.1. The summed E-state index contributed by atoms with van der Waals surface area (Å²) in [7, 11) is 1.41. The highest BCUT2D eigenvalue weighted by Gasteiger charge is 2.44. The maximum atomic E-state index is 12.3. The van der Waals surface area contributed by atoms with Crippen LogP contribution in [0.5, 0.6) is 11.5 Å². The molecule has 3 rings (SSSR count). The highest BCUT2D eigenvalue weighted by molar-refractivity contribution is 6.02. The van der Waals surface area contributed by atoms with Crippen molar-refractivity contribution in [1.29, 1.82) is 0 Å². The van der Waals surface area contributed by atoms with Gasteiger partial charge < -0.3 is 14.3 Å². The normalized spacial score (nSPS) is 19.5. The lowest BCUT2D eigenvalue weighted by atomic mass is 9.76. The number of oxime groups is 1. The Labute approximate surface area is 115 Å². The molecule has 0 saturated heterocycles. The van der Waals surface area contributed by atoms with Gasteiger partial charge in [-0.3, -0.25) is 0 Å². The van der Waals surface area contributed by atoms with Gasteiger partial charge in [0.2, 0.25) is 0 Å². The number of ether oxygens (including phenoxy) is 2. The molecule has 1 fully saturated rings. The molecule has 0 N–H and O–H groups in total. The third-order valence-electron chi connectivity index (χ3n) is 3.82. The molecule has 0 amide bonds. The summed E-state index contributed by atoms with van der Waals surface area (Å²) in [5.74, 6) is 0.282. The summed E-state index contributed by atoms with van der Waals surface area (Å²) >= 11 is 0. The van der Waals surface area contributed by atoms with Crippen molar-refractivity contribution in [2.75, 3.05) is 7.11 Å². The summed E-state index contributed by atoms with van der Waals surface area (Å²) in [6, 6.07) is 4.81. The number of hydrogen-bond donors (Lipinski definition) is 0. The van der Waals surface area contributed by atoms with Gasteiger partial charge in [-0.05, 0) is 37.5 Å². The van der Waals surface area contributed by atoms with E-state index in [-0.39, 0.29) is 17.1 Å². The van der Waals surface area contributed by atoms with Gasteiger partial charge in [0.05, 0.1) is 12.8 Å². The van der Waals surface area contributed by atoms with Crippen LogP contribution in [-0.2, 0) is 4.84 Å². The second kappa shape index (κ2) is 4.92. The molecule has 1 aromatic carbocycles. The van der Waals surface area contributed by atoms with Crippen molar-refractivity contribution in [3.8, 4) is 11.5 Å². The number of halogens is 2. The van der Waals surface area contributed by atoms with Gasteiger partial charge in [-0.2, -0.15) is 8.78 Å². The Balaban J connectivity index is 1.81. The molecule has 0 radical (unpaired) electrons. The molecule has 0 unspecified atom stereocenters. The van der Waals surface area contributed by atoms with E-state index in [1.165, 1.54) is 13.2 Å². The number of methoxy groups -OCH3 is 1. The van der Waals surface area contributed by atoms with Crippen LogP contribution in [0.15, 0.2) is 23.4 Å². The molecular formula is C14H15F2NO3. The molecular weight excluding hydrogens is 268 g/mol. The summed E-state index contributed by atoms with van der Waals surface area (Å²) in [4.78, 5) is 5.51. The molecule has 4 nitrogen and oxygen atoms in total. The molecule has 20 heavy (non-hydrogen) atoms. The molecule has 108 valence electrons. The lowest BCUT2D eigenvalue weighted by molar-refractivity contribution is -0.0755. The third kappa shape index (κ3) is 2.30. The largest absolute Gasteiger partial charge is 0.493 e. The van der Waals surface area contributed by atoms with Gasteiger partial charge in [0.15, 0.2) is 11.5 Å². The van der Waals surface area contributed by atoms with Gasteiger partial charge >= 0.3 is 6.61 Å². The molecule has 1 heterocycles. The van der Waals surface area contributed by atoms with Crippen molar-refractivity contribution >= 4 is 5.71 Å². The lowest BCUT2D eigenvalue weighted by Crippen LogP contribution is -2.36. The van der Waals surface area contributed by atoms with Gasteiger partial charge in [-0.15, -0.1) is 0 Å². The Morgan fingerprint density at radius 2 is 2.10 bits per heavy atom. The first kappa shape index (κ1) is 13.1. The van der Waals surface area contributed by atoms with Crippen LogP contribution in [0.4, 0.5) is 8.78 Å². The van der Waals surface area contributed by atoms with Gasteiger partial charge in [0.1, 0.15) is 5.60 Å². The van der Waals surface area contributed by atoms with E-state index in [9.17, 15) is 8.78 Å². The van der Waals surface area contributed by atoms with Gasteiger partial charge in [-0.1, -0.05) is 5.16 Å². The molecule has 0 bridgehead atoms. The van der Waals surface area contributed by atoms with Crippen LogP contribution in [0, 0.1) is 0 Å². The zero-order valence-corrected chi connectivity index (χ0v) is 11.1. The van der Waals surface area contributed by atoms with Crippen molar-refractivity contribution in [2.24, 2.45) is 5.16 Å². The average Bonchev–Trinajstić information content (AvgIpc) is 2.84. The molecule has 1 spiro atoms. The molecule has 1 aliphatic carbocycles. The maximum Gasteiger partial charge on any atom is 0.387 e. The van der Waals surface area contributed by atoms with E-state index >= 15 is 0 Å². The molecule has 0 aromatic heterocycles. The number of benzene rings is 1. The zero-order chi connectivity index (χ0) is 14.2. The van der Waals surface area contributed by atoms with Gasteiger partial charge in [0.25, 0.3) is 0 Å². The quantitative estimate of drug-likeness (QED) is 0.850. The number of rotatable bonds is 4. The van der Waals surface area contributed by atoms with E-state index in [0.29, 0.717) is 0 Å². The van der Waals surface area contributed by atoms with Crippen LogP contribution in [0.25, 0.3) is 0 Å². The topological polar surface area (TPSA) is 40.0 Å². The van der Waals surface area contributed by atoms with Crippen LogP contribution in [0.1, 0.15) is 31.2 Å². The average molecular weight is 283 g/mol. The number of nitrogens with zero attached hydrogens (tertiary/aromatic N) is 1. The highest BCUT2D eigenvalue weighted by atomic mass is 19.3. The first-order valence-corrected chi connectivity index (χ1v) is 6.50. The highest BCUT2D eigenvalue weighted by Crippen LogP contribution is 2.43. The first-order chi connectivity index (χ1) is 9.62. The van der Waals surface area contributed by atoms with E-state index in [0.717, 1.165) is 37.0 Å². The van der Waals surface area contributed by atoms with Crippen molar-refractivity contribution in [2.45, 2.75) is 37.9 Å². The fourth-order valence-corrected chi connectivity index (χ4v) is 2.56. The third-order valence-corrected chi connectivity index (χ3v) is 3.82. The Kier molecular flexibility index (Phi) is 3.23. The molecule has 6 heteroatoms. The number of alkyl halides is 2. The van der Waals surface area contributed by atoms with E-state index in [2.05, 4.69) is 9.89 Å². The van der Waals surface area contributed by atoms with Crippen molar-refractivity contribution < 1.29 is 23.1 Å². The van der Waals surface area contributed by atoms with E-state index in [4.69, 9.17) is 9.57 Å². The SMILES string of the molecule is COc1cc(C2=NOC3(CCC3)C2)ccc1OC(F)F. The van der Waals surface area contributed by atoms with Gasteiger partial charge in [-0.25, -0.2) is 0 Å². The summed E-state index contributed by atoms with van der Waals surface area (Å²) < 4.78 is 34.0. The molecule has 1 aromatic rings. The summed E-state index contributed by atoms with van der Waals surface area (Å²) in [5, 5.41) is 4.12. The van der Waals surface area contributed by atoms with Crippen molar-refractivity contribution in [3.05, 3.63) is 23.8 Å². The predicted molar refractivity (Wildman–Crippen MR) is 68.4 cm³/mol. The summed E-state index contributed by atoms with van der Waals surface area (Å²) in [5.41, 5.74) is 1.51. The maximum absolute atomic E-state index is 12.3. The minimum Gasteiger partial charge on any atom is -0.493 e. The molecule has 1 aliphatic heterocycles. The Morgan fingerprint density at radius 1 is 1.30 bits per heavy atom. The van der Waals surface area contributed by atoms with E-state index in [1.807, 2.05) is 0 Å². The fourth-order valence-electron chi connectivity index (χ4n) is 2.56. The van der Waals surface area contributed by atoms with Crippen LogP contribution in [-0.4, -0.2) is 25.0 Å². The standard InChI is InChI=1S/C14H15F2NO3/c1-18-12-7-9(3-4-11(12)19-13(15)16)10-8-14(20-17-10)5-2-6-14/h3-4,7,13H,2,5-6,8H2,1H3. The summed E-state index contributed by atoms with van der Waals surface area (Å²) in [6.45, 7) is -2.87. The monoisotopic (exact) mass is 283 g/mol. The van der Waals surface area contributed by atoms with Crippen LogP contribution < -0.4 is 9.47 Å². The van der Waals surface area contributed by atoms with Crippen LogP contribution in [0.3, 0.4) is 0 Å².